The van der Waals surface area contributed by atoms with Crippen molar-refractivity contribution in [2.75, 3.05) is 4.90 Å². The van der Waals surface area contributed by atoms with Crippen molar-refractivity contribution in [1.29, 1.82) is 5.26 Å². The number of imide groups is 1. The largest absolute Gasteiger partial charge is 0.417 e. The summed E-state index contributed by atoms with van der Waals surface area (Å²) in [7, 11) is 0. The van der Waals surface area contributed by atoms with E-state index in [1.165, 1.54) is 13.0 Å². The number of nitrogens with zero attached hydrogens (tertiary/aromatic N) is 2. The third kappa shape index (κ3) is 2.07. The standard InChI is InChI=1S/C18H13F3N2O4/c1-16-6-11(24)17(2,27-16)13-12(16)14(25)23(15(13)26)9-4-3-8(7-22)10(5-9)18(19,20)21/h3-5,12-13H,6H2,1-2H3/t12-,13?,16?,17?/m1/s1. The van der Waals surface area contributed by atoms with E-state index in [2.05, 4.69) is 0 Å². The molecule has 3 aliphatic heterocycles. The molecular formula is C18H13F3N2O4. The zero-order valence-corrected chi connectivity index (χ0v) is 14.3. The first kappa shape index (κ1) is 17.7. The van der Waals surface area contributed by atoms with E-state index in [1.54, 1.807) is 6.92 Å². The molecule has 3 fully saturated rings. The molecule has 27 heavy (non-hydrogen) atoms. The second-order valence-electron chi connectivity index (χ2n) is 7.43. The summed E-state index contributed by atoms with van der Waals surface area (Å²) >= 11 is 0. The third-order valence-electron chi connectivity index (χ3n) is 5.76. The molecule has 0 N–H and O–H groups in total. The van der Waals surface area contributed by atoms with Gasteiger partial charge in [0.2, 0.25) is 11.8 Å². The molecule has 4 atom stereocenters. The smallest absolute Gasteiger partial charge is 0.359 e. The first-order valence-corrected chi connectivity index (χ1v) is 8.17. The molecule has 0 aliphatic carbocycles. The van der Waals surface area contributed by atoms with Crippen LogP contribution in [0.2, 0.25) is 0 Å². The Morgan fingerprint density at radius 2 is 1.81 bits per heavy atom. The van der Waals surface area contributed by atoms with Crippen LogP contribution >= 0.6 is 0 Å². The number of nitriles is 1. The first-order chi connectivity index (χ1) is 12.4. The van der Waals surface area contributed by atoms with Crippen molar-refractivity contribution in [3.63, 3.8) is 0 Å². The summed E-state index contributed by atoms with van der Waals surface area (Å²) < 4.78 is 45.4. The summed E-state index contributed by atoms with van der Waals surface area (Å²) in [6.07, 6.45) is -4.85. The maximum absolute atomic E-state index is 13.2. The van der Waals surface area contributed by atoms with Crippen molar-refractivity contribution < 1.29 is 32.3 Å². The van der Waals surface area contributed by atoms with Crippen molar-refractivity contribution in [3.05, 3.63) is 29.3 Å². The van der Waals surface area contributed by atoms with E-state index >= 15 is 0 Å². The van der Waals surface area contributed by atoms with Gasteiger partial charge in [0.25, 0.3) is 0 Å². The van der Waals surface area contributed by atoms with Crippen molar-refractivity contribution in [1.82, 2.24) is 0 Å². The molecule has 6 nitrogen and oxygen atoms in total. The number of rotatable bonds is 1. The number of ketones is 1. The van der Waals surface area contributed by atoms with Gasteiger partial charge in [-0.25, -0.2) is 4.90 Å². The van der Waals surface area contributed by atoms with Crippen molar-refractivity contribution in [2.24, 2.45) is 11.8 Å². The normalized spacial score (nSPS) is 35.0. The first-order valence-electron chi connectivity index (χ1n) is 8.17. The number of hydrogen-bond donors (Lipinski definition) is 0. The summed E-state index contributed by atoms with van der Waals surface area (Å²) in [5.74, 6) is -3.76. The Morgan fingerprint density at radius 3 is 2.41 bits per heavy atom. The van der Waals surface area contributed by atoms with Crippen LogP contribution in [0.3, 0.4) is 0 Å². The minimum absolute atomic E-state index is 0.0291. The lowest BCUT2D eigenvalue weighted by Gasteiger charge is -2.26. The van der Waals surface area contributed by atoms with Gasteiger partial charge in [0.15, 0.2) is 5.78 Å². The van der Waals surface area contributed by atoms with Gasteiger partial charge in [-0.05, 0) is 32.0 Å². The Hall–Kier alpha value is -2.73. The third-order valence-corrected chi connectivity index (χ3v) is 5.76. The zero-order chi connectivity index (χ0) is 19.9. The second kappa shape index (κ2) is 4.95. The van der Waals surface area contributed by atoms with Crippen molar-refractivity contribution >= 4 is 23.3 Å². The van der Waals surface area contributed by atoms with Gasteiger partial charge in [0, 0.05) is 6.42 Å². The fraction of sp³-hybridized carbons (Fsp3) is 0.444. The van der Waals surface area contributed by atoms with Crippen LogP contribution < -0.4 is 4.90 Å². The number of amides is 2. The lowest BCUT2D eigenvalue weighted by molar-refractivity contribution is -0.140. The maximum atomic E-state index is 13.2. The van der Waals surface area contributed by atoms with E-state index in [0.717, 1.165) is 12.1 Å². The lowest BCUT2D eigenvalue weighted by Crippen LogP contribution is -2.46. The summed E-state index contributed by atoms with van der Waals surface area (Å²) in [5.41, 5.74) is -4.72. The van der Waals surface area contributed by atoms with E-state index in [4.69, 9.17) is 10.00 Å². The molecule has 2 amide bonds. The molecule has 140 valence electrons. The number of fused-ring (bicyclic) bond motifs is 5. The average molecular weight is 378 g/mol. The SMILES string of the molecule is CC12OC(C)(CC1=O)[C@H]1C(=O)N(c3ccc(C#N)c(C(F)(F)F)c3)C(=O)C12. The molecule has 1 aromatic carbocycles. The molecule has 0 aromatic heterocycles. The monoisotopic (exact) mass is 378 g/mol. The van der Waals surface area contributed by atoms with Gasteiger partial charge in [0.05, 0.1) is 40.3 Å². The Kier molecular flexibility index (Phi) is 3.24. The van der Waals surface area contributed by atoms with Crippen LogP contribution in [0.15, 0.2) is 18.2 Å². The zero-order valence-electron chi connectivity index (χ0n) is 14.3. The number of ether oxygens (including phenoxy) is 1. The predicted molar refractivity (Wildman–Crippen MR) is 83.2 cm³/mol. The molecule has 0 radical (unpaired) electrons. The highest BCUT2D eigenvalue weighted by molar-refractivity contribution is 6.25. The molecule has 3 unspecified atom stereocenters. The Bertz CT molecular complexity index is 966. The van der Waals surface area contributed by atoms with E-state index in [0.29, 0.717) is 11.0 Å². The quantitative estimate of drug-likeness (QED) is 0.699. The number of carbonyl (C=O) groups is 3. The second-order valence-corrected chi connectivity index (χ2v) is 7.43. The molecule has 1 aromatic rings. The number of halogens is 3. The van der Waals surface area contributed by atoms with Gasteiger partial charge in [0.1, 0.15) is 5.60 Å². The maximum Gasteiger partial charge on any atom is 0.417 e. The Morgan fingerprint density at radius 1 is 1.19 bits per heavy atom. The minimum Gasteiger partial charge on any atom is -0.359 e. The molecule has 3 saturated heterocycles. The van der Waals surface area contributed by atoms with Crippen LogP contribution in [0.5, 0.6) is 0 Å². The summed E-state index contributed by atoms with van der Waals surface area (Å²) in [6.45, 7) is 3.01. The van der Waals surface area contributed by atoms with E-state index in [9.17, 15) is 27.6 Å². The molecular weight excluding hydrogens is 365 g/mol. The van der Waals surface area contributed by atoms with Gasteiger partial charge in [-0.1, -0.05) is 0 Å². The van der Waals surface area contributed by atoms with E-state index in [-0.39, 0.29) is 17.9 Å². The van der Waals surface area contributed by atoms with Crippen LogP contribution in [-0.4, -0.2) is 28.8 Å². The van der Waals surface area contributed by atoms with Gasteiger partial charge < -0.3 is 4.74 Å². The molecule has 9 heteroatoms. The van der Waals surface area contributed by atoms with Crippen molar-refractivity contribution in [3.8, 4) is 6.07 Å². The van der Waals surface area contributed by atoms with Gasteiger partial charge in [-0.15, -0.1) is 0 Å². The van der Waals surface area contributed by atoms with Gasteiger partial charge in [-0.2, -0.15) is 18.4 Å². The predicted octanol–water partition coefficient (Wildman–Crippen LogP) is 2.20. The molecule has 3 heterocycles. The number of alkyl halides is 3. The molecule has 0 saturated carbocycles. The van der Waals surface area contributed by atoms with Gasteiger partial charge in [-0.3, -0.25) is 14.4 Å². The average Bonchev–Trinajstić information content (AvgIpc) is 3.07. The van der Waals surface area contributed by atoms with E-state index in [1.807, 2.05) is 0 Å². The van der Waals surface area contributed by atoms with Crippen LogP contribution in [0.4, 0.5) is 18.9 Å². The minimum atomic E-state index is -4.82. The Labute approximate surface area is 151 Å². The topological polar surface area (TPSA) is 87.5 Å². The van der Waals surface area contributed by atoms with Crippen LogP contribution in [0.25, 0.3) is 0 Å². The molecule has 0 spiro atoms. The van der Waals surface area contributed by atoms with Crippen LogP contribution in [-0.2, 0) is 25.3 Å². The number of carbonyl (C=O) groups excluding carboxylic acids is 3. The highest BCUT2D eigenvalue weighted by Gasteiger charge is 2.76. The molecule has 2 bridgehead atoms. The number of Topliss-reactive ketones (excluding diaryl/α,β-unsaturated/α-hetero) is 1. The van der Waals surface area contributed by atoms with Crippen LogP contribution in [0.1, 0.15) is 31.4 Å². The molecule has 3 aliphatic rings. The number of anilines is 1. The number of hydrogen-bond acceptors (Lipinski definition) is 5. The Balaban J connectivity index is 1.82. The summed E-state index contributed by atoms with van der Waals surface area (Å²) in [4.78, 5) is 38.8. The van der Waals surface area contributed by atoms with E-state index < -0.39 is 52.2 Å². The summed E-state index contributed by atoms with van der Waals surface area (Å²) in [6, 6.07) is 4.11. The lowest BCUT2D eigenvalue weighted by atomic mass is 9.68. The molecule has 4 rings (SSSR count). The number of benzene rings is 1. The fourth-order valence-electron chi connectivity index (χ4n) is 4.58. The highest BCUT2D eigenvalue weighted by atomic mass is 19.4. The van der Waals surface area contributed by atoms with Crippen LogP contribution in [0, 0.1) is 23.2 Å². The van der Waals surface area contributed by atoms with Gasteiger partial charge >= 0.3 is 6.18 Å². The van der Waals surface area contributed by atoms with Crippen molar-refractivity contribution in [2.45, 2.75) is 37.6 Å². The fourth-order valence-corrected chi connectivity index (χ4v) is 4.58. The summed E-state index contributed by atoms with van der Waals surface area (Å²) in [5, 5.41) is 8.90. The highest BCUT2D eigenvalue weighted by Crippen LogP contribution is 2.59.